The number of imidazole rings is 1. The van der Waals surface area contributed by atoms with E-state index < -0.39 is 0 Å². The molecule has 2 heterocycles. The predicted molar refractivity (Wildman–Crippen MR) is 105 cm³/mol. The number of nitrogens with zero attached hydrogens (tertiary/aromatic N) is 4. The van der Waals surface area contributed by atoms with Gasteiger partial charge in [0.2, 0.25) is 0 Å². The molecule has 2 aromatic heterocycles. The van der Waals surface area contributed by atoms with Crippen LogP contribution >= 0.6 is 0 Å². The van der Waals surface area contributed by atoms with E-state index in [4.69, 9.17) is 4.98 Å². The summed E-state index contributed by atoms with van der Waals surface area (Å²) in [5.41, 5.74) is 5.49. The van der Waals surface area contributed by atoms with Crippen molar-refractivity contribution in [2.75, 3.05) is 0 Å². The van der Waals surface area contributed by atoms with E-state index in [-0.39, 0.29) is 5.82 Å². The lowest BCUT2D eigenvalue weighted by molar-refractivity contribution is 0.628. The molecule has 27 heavy (non-hydrogen) atoms. The topological polar surface area (TPSA) is 43.6 Å². The predicted octanol–water partition coefficient (Wildman–Crippen LogP) is 4.97. The summed E-state index contributed by atoms with van der Waals surface area (Å²) in [5, 5.41) is 0. The Balaban J connectivity index is 1.97. The van der Waals surface area contributed by atoms with Crippen LogP contribution < -0.4 is 0 Å². The van der Waals surface area contributed by atoms with Crippen molar-refractivity contribution in [3.05, 3.63) is 78.0 Å². The number of aryl methyl sites for hydroxylation is 2. The zero-order valence-corrected chi connectivity index (χ0v) is 15.4. The maximum Gasteiger partial charge on any atom is 0.140 e. The van der Waals surface area contributed by atoms with E-state index in [1.54, 1.807) is 18.3 Å². The highest BCUT2D eigenvalue weighted by molar-refractivity contribution is 5.80. The van der Waals surface area contributed by atoms with Crippen molar-refractivity contribution in [3.8, 4) is 34.0 Å². The Bertz CT molecular complexity index is 1100. The van der Waals surface area contributed by atoms with Gasteiger partial charge in [-0.05, 0) is 44.2 Å². The SMILES string of the molecule is Cc1ccc(-c2nc(-c3ccc(F)cc3)c(-c3ccnc(C)n3)n2C)cc1. The fourth-order valence-corrected chi connectivity index (χ4v) is 3.15. The molecule has 0 saturated carbocycles. The van der Waals surface area contributed by atoms with E-state index >= 15 is 0 Å². The Kier molecular flexibility index (Phi) is 4.28. The first-order valence-corrected chi connectivity index (χ1v) is 8.72. The largest absolute Gasteiger partial charge is 0.325 e. The van der Waals surface area contributed by atoms with E-state index in [1.807, 2.05) is 24.6 Å². The Morgan fingerprint density at radius 1 is 0.815 bits per heavy atom. The van der Waals surface area contributed by atoms with E-state index in [0.29, 0.717) is 5.82 Å². The molecule has 134 valence electrons. The molecule has 5 heteroatoms. The quantitative estimate of drug-likeness (QED) is 0.519. The average molecular weight is 358 g/mol. The van der Waals surface area contributed by atoms with Gasteiger partial charge in [-0.15, -0.1) is 0 Å². The summed E-state index contributed by atoms with van der Waals surface area (Å²) < 4.78 is 15.5. The van der Waals surface area contributed by atoms with Crippen molar-refractivity contribution >= 4 is 0 Å². The van der Waals surface area contributed by atoms with Crippen molar-refractivity contribution in [2.24, 2.45) is 7.05 Å². The monoisotopic (exact) mass is 358 g/mol. The molecule has 0 bridgehead atoms. The molecule has 0 amide bonds. The third-order valence-electron chi connectivity index (χ3n) is 4.54. The number of hydrogen-bond acceptors (Lipinski definition) is 3. The smallest absolute Gasteiger partial charge is 0.140 e. The summed E-state index contributed by atoms with van der Waals surface area (Å²) in [6, 6.07) is 16.5. The second kappa shape index (κ2) is 6.76. The fourth-order valence-electron chi connectivity index (χ4n) is 3.15. The van der Waals surface area contributed by atoms with Crippen LogP contribution in [0.2, 0.25) is 0 Å². The molecule has 0 radical (unpaired) electrons. The highest BCUT2D eigenvalue weighted by Crippen LogP contribution is 2.34. The first-order valence-electron chi connectivity index (χ1n) is 8.72. The second-order valence-corrected chi connectivity index (χ2v) is 6.55. The first-order chi connectivity index (χ1) is 13.0. The van der Waals surface area contributed by atoms with Gasteiger partial charge in [0.05, 0.1) is 17.1 Å². The summed E-state index contributed by atoms with van der Waals surface area (Å²) in [6.07, 6.45) is 1.74. The normalized spacial score (nSPS) is 11.0. The molecule has 2 aromatic carbocycles. The summed E-state index contributed by atoms with van der Waals surface area (Å²) in [5.74, 6) is 1.25. The third-order valence-corrected chi connectivity index (χ3v) is 4.54. The van der Waals surface area contributed by atoms with Gasteiger partial charge in [-0.2, -0.15) is 0 Å². The zero-order valence-electron chi connectivity index (χ0n) is 15.4. The van der Waals surface area contributed by atoms with Gasteiger partial charge in [-0.25, -0.2) is 19.3 Å². The number of halogens is 1. The van der Waals surface area contributed by atoms with Crippen LogP contribution in [0.25, 0.3) is 34.0 Å². The summed E-state index contributed by atoms with van der Waals surface area (Å²) in [6.45, 7) is 3.92. The molecule has 0 aliphatic rings. The lowest BCUT2D eigenvalue weighted by Crippen LogP contribution is -1.99. The molecule has 0 atom stereocenters. The van der Waals surface area contributed by atoms with Gasteiger partial charge in [-0.3, -0.25) is 0 Å². The standard InChI is InChI=1S/C22H19FN4/c1-14-4-6-17(7-5-14)22-26-20(16-8-10-18(23)11-9-16)21(27(22)3)19-12-13-24-15(2)25-19/h4-13H,1-3H3. The lowest BCUT2D eigenvalue weighted by atomic mass is 10.1. The van der Waals surface area contributed by atoms with E-state index in [9.17, 15) is 4.39 Å². The van der Waals surface area contributed by atoms with Crippen molar-refractivity contribution in [3.63, 3.8) is 0 Å². The van der Waals surface area contributed by atoms with Crippen molar-refractivity contribution in [1.29, 1.82) is 0 Å². The van der Waals surface area contributed by atoms with Crippen molar-refractivity contribution < 1.29 is 4.39 Å². The lowest BCUT2D eigenvalue weighted by Gasteiger charge is -2.08. The average Bonchev–Trinajstić information content (AvgIpc) is 3.00. The van der Waals surface area contributed by atoms with Gasteiger partial charge in [0.1, 0.15) is 17.5 Å². The van der Waals surface area contributed by atoms with Crippen LogP contribution in [0.15, 0.2) is 60.8 Å². The van der Waals surface area contributed by atoms with Crippen LogP contribution in [0, 0.1) is 19.7 Å². The van der Waals surface area contributed by atoms with Gasteiger partial charge in [-0.1, -0.05) is 29.8 Å². The van der Waals surface area contributed by atoms with Crippen LogP contribution in [0.3, 0.4) is 0 Å². The van der Waals surface area contributed by atoms with Gasteiger partial charge in [0.15, 0.2) is 0 Å². The minimum absolute atomic E-state index is 0.270. The molecular weight excluding hydrogens is 339 g/mol. The Hall–Kier alpha value is -3.34. The first kappa shape index (κ1) is 17.1. The Morgan fingerprint density at radius 2 is 1.48 bits per heavy atom. The van der Waals surface area contributed by atoms with Gasteiger partial charge in [0.25, 0.3) is 0 Å². The molecule has 4 rings (SSSR count). The fraction of sp³-hybridized carbons (Fsp3) is 0.136. The molecule has 0 spiro atoms. The third kappa shape index (κ3) is 3.24. The van der Waals surface area contributed by atoms with Crippen LogP contribution in [-0.2, 0) is 7.05 Å². The molecule has 0 saturated heterocycles. The van der Waals surface area contributed by atoms with E-state index in [1.165, 1.54) is 17.7 Å². The molecular formula is C22H19FN4. The van der Waals surface area contributed by atoms with Crippen LogP contribution in [0.5, 0.6) is 0 Å². The van der Waals surface area contributed by atoms with Crippen LogP contribution in [0.1, 0.15) is 11.4 Å². The van der Waals surface area contributed by atoms with Gasteiger partial charge < -0.3 is 4.57 Å². The van der Waals surface area contributed by atoms with Gasteiger partial charge in [0, 0.05) is 24.4 Å². The summed E-state index contributed by atoms with van der Waals surface area (Å²) >= 11 is 0. The summed E-state index contributed by atoms with van der Waals surface area (Å²) in [4.78, 5) is 13.7. The maximum atomic E-state index is 13.4. The number of aromatic nitrogens is 4. The van der Waals surface area contributed by atoms with Gasteiger partial charge >= 0.3 is 0 Å². The molecule has 4 nitrogen and oxygen atoms in total. The zero-order chi connectivity index (χ0) is 19.0. The molecule has 0 unspecified atom stereocenters. The summed E-state index contributed by atoms with van der Waals surface area (Å²) in [7, 11) is 1.97. The number of hydrogen-bond donors (Lipinski definition) is 0. The van der Waals surface area contributed by atoms with Crippen molar-refractivity contribution in [2.45, 2.75) is 13.8 Å². The Labute approximate surface area is 157 Å². The molecule has 0 fully saturated rings. The molecule has 0 aliphatic heterocycles. The van der Waals surface area contributed by atoms with E-state index in [2.05, 4.69) is 41.2 Å². The maximum absolute atomic E-state index is 13.4. The second-order valence-electron chi connectivity index (χ2n) is 6.55. The number of rotatable bonds is 3. The highest BCUT2D eigenvalue weighted by atomic mass is 19.1. The Morgan fingerprint density at radius 3 is 2.15 bits per heavy atom. The highest BCUT2D eigenvalue weighted by Gasteiger charge is 2.20. The minimum Gasteiger partial charge on any atom is -0.325 e. The molecule has 0 aliphatic carbocycles. The minimum atomic E-state index is -0.270. The van der Waals surface area contributed by atoms with Crippen LogP contribution in [-0.4, -0.2) is 19.5 Å². The van der Waals surface area contributed by atoms with Crippen molar-refractivity contribution in [1.82, 2.24) is 19.5 Å². The number of benzene rings is 2. The molecule has 0 N–H and O–H groups in total. The molecule has 4 aromatic rings. The van der Waals surface area contributed by atoms with E-state index in [0.717, 1.165) is 34.0 Å². The van der Waals surface area contributed by atoms with Crippen LogP contribution in [0.4, 0.5) is 4.39 Å².